The van der Waals surface area contributed by atoms with Gasteiger partial charge in [0.2, 0.25) is 0 Å². The van der Waals surface area contributed by atoms with E-state index in [9.17, 15) is 13.5 Å². The summed E-state index contributed by atoms with van der Waals surface area (Å²) in [5.74, 6) is 0.177. The first-order valence-electron chi connectivity index (χ1n) is 9.50. The summed E-state index contributed by atoms with van der Waals surface area (Å²) in [4.78, 5) is 12.2. The number of imidazole rings is 1. The largest absolute Gasteiger partial charge is 0.414 e. The van der Waals surface area contributed by atoms with Crippen molar-refractivity contribution in [2.45, 2.75) is 63.4 Å². The summed E-state index contributed by atoms with van der Waals surface area (Å²) >= 11 is 0. The molecule has 1 saturated heterocycles. The lowest BCUT2D eigenvalue weighted by Crippen LogP contribution is -2.44. The SMILES string of the molecule is CC(C)(C)[Si](C)(C)OC[C@H]1O[C@@H](n2cnc3c(N)ncnc32)[C@H](OS(C)(=O)=O)[C@@H]1O. The third-order valence-corrected chi connectivity index (χ3v) is 10.7. The van der Waals surface area contributed by atoms with Gasteiger partial charge < -0.3 is 20.0 Å². The second-order valence-corrected chi connectivity index (χ2v) is 15.4. The Labute approximate surface area is 176 Å². The summed E-state index contributed by atoms with van der Waals surface area (Å²) < 4.78 is 42.5. The van der Waals surface area contributed by atoms with Crippen molar-refractivity contribution in [1.82, 2.24) is 19.5 Å². The average Bonchev–Trinajstić information content (AvgIpc) is 3.14. The molecular weight excluding hydrogens is 430 g/mol. The van der Waals surface area contributed by atoms with Gasteiger partial charge in [-0.15, -0.1) is 0 Å². The Balaban J connectivity index is 1.92. The molecule has 0 spiro atoms. The molecule has 0 aromatic carbocycles. The molecule has 1 aliphatic rings. The van der Waals surface area contributed by atoms with Crippen LogP contribution in [0.25, 0.3) is 11.2 Å². The molecular formula is C17H29N5O6SSi. The van der Waals surface area contributed by atoms with Gasteiger partial charge in [0.05, 0.1) is 19.2 Å². The van der Waals surface area contributed by atoms with Gasteiger partial charge in [0, 0.05) is 0 Å². The maximum absolute atomic E-state index is 11.8. The first-order chi connectivity index (χ1) is 13.7. The van der Waals surface area contributed by atoms with Crippen LogP contribution in [0.1, 0.15) is 27.0 Å². The highest BCUT2D eigenvalue weighted by molar-refractivity contribution is 7.86. The first-order valence-corrected chi connectivity index (χ1v) is 14.2. The predicted octanol–water partition coefficient (Wildman–Crippen LogP) is 1.03. The normalized spacial score (nSPS) is 25.8. The van der Waals surface area contributed by atoms with Gasteiger partial charge in [0.1, 0.15) is 24.1 Å². The van der Waals surface area contributed by atoms with Gasteiger partial charge in [-0.2, -0.15) is 8.42 Å². The molecule has 3 heterocycles. The number of hydrogen-bond acceptors (Lipinski definition) is 10. The molecule has 11 nitrogen and oxygen atoms in total. The van der Waals surface area contributed by atoms with E-state index in [2.05, 4.69) is 48.8 Å². The van der Waals surface area contributed by atoms with Crippen LogP contribution in [0, 0.1) is 0 Å². The van der Waals surface area contributed by atoms with Gasteiger partial charge in [-0.3, -0.25) is 8.75 Å². The van der Waals surface area contributed by atoms with Gasteiger partial charge >= 0.3 is 0 Å². The minimum Gasteiger partial charge on any atom is -0.414 e. The van der Waals surface area contributed by atoms with Crippen LogP contribution in [-0.4, -0.2) is 72.5 Å². The number of fused-ring (bicyclic) bond motifs is 1. The van der Waals surface area contributed by atoms with E-state index in [1.165, 1.54) is 17.2 Å². The van der Waals surface area contributed by atoms with Gasteiger partial charge in [0.15, 0.2) is 32.1 Å². The molecule has 0 radical (unpaired) electrons. The predicted molar refractivity (Wildman–Crippen MR) is 113 cm³/mol. The fourth-order valence-electron chi connectivity index (χ4n) is 2.95. The first kappa shape index (κ1) is 23.0. The Kier molecular flexibility index (Phi) is 5.99. The van der Waals surface area contributed by atoms with Crippen LogP contribution in [-0.2, 0) is 23.5 Å². The number of nitrogens with zero attached hydrogens (tertiary/aromatic N) is 4. The Bertz CT molecular complexity index is 1020. The number of rotatable bonds is 6. The van der Waals surface area contributed by atoms with Crippen molar-refractivity contribution in [3.63, 3.8) is 0 Å². The molecule has 3 N–H and O–H groups in total. The van der Waals surface area contributed by atoms with Crippen molar-refractivity contribution in [1.29, 1.82) is 0 Å². The molecule has 0 amide bonds. The fourth-order valence-corrected chi connectivity index (χ4v) is 4.58. The summed E-state index contributed by atoms with van der Waals surface area (Å²) in [5.41, 5.74) is 6.52. The van der Waals surface area contributed by atoms with Crippen LogP contribution in [0.4, 0.5) is 5.82 Å². The van der Waals surface area contributed by atoms with Crippen molar-refractivity contribution >= 4 is 35.4 Å². The Morgan fingerprint density at radius 1 is 1.30 bits per heavy atom. The molecule has 2 aromatic heterocycles. The molecule has 1 fully saturated rings. The van der Waals surface area contributed by atoms with E-state index < -0.39 is 43.0 Å². The molecule has 0 saturated carbocycles. The van der Waals surface area contributed by atoms with E-state index in [1.807, 2.05) is 0 Å². The van der Waals surface area contributed by atoms with E-state index in [0.29, 0.717) is 11.2 Å². The van der Waals surface area contributed by atoms with Crippen molar-refractivity contribution in [3.8, 4) is 0 Å². The van der Waals surface area contributed by atoms with Gasteiger partial charge in [-0.1, -0.05) is 20.8 Å². The summed E-state index contributed by atoms with van der Waals surface area (Å²) in [7, 11) is -6.00. The van der Waals surface area contributed by atoms with Crippen molar-refractivity contribution in [3.05, 3.63) is 12.7 Å². The maximum atomic E-state index is 11.8. The van der Waals surface area contributed by atoms with Crippen LogP contribution in [0.3, 0.4) is 0 Å². The number of ether oxygens (including phenoxy) is 1. The number of hydrogen-bond donors (Lipinski definition) is 2. The number of aliphatic hydroxyl groups excluding tert-OH is 1. The van der Waals surface area contributed by atoms with Gasteiger partial charge in [-0.25, -0.2) is 15.0 Å². The average molecular weight is 460 g/mol. The smallest absolute Gasteiger partial charge is 0.264 e. The van der Waals surface area contributed by atoms with Gasteiger partial charge in [0.25, 0.3) is 10.1 Å². The number of anilines is 1. The Morgan fingerprint density at radius 3 is 2.57 bits per heavy atom. The van der Waals surface area contributed by atoms with E-state index in [0.717, 1.165) is 6.26 Å². The lowest BCUT2D eigenvalue weighted by atomic mass is 10.1. The zero-order valence-electron chi connectivity index (χ0n) is 17.9. The lowest BCUT2D eigenvalue weighted by Gasteiger charge is -2.37. The molecule has 0 unspecified atom stereocenters. The molecule has 2 aromatic rings. The standard InChI is InChI=1S/C17H29N5O6SSi/c1-17(2,3)30(5,6)26-7-10-12(23)13(28-29(4,24)25)16(27-10)22-9-21-11-14(18)19-8-20-15(11)22/h8-10,12-13,16,23H,7H2,1-6H3,(H2,18,19,20)/t10-,12-,13-,16-/m1/s1. The highest BCUT2D eigenvalue weighted by atomic mass is 32.2. The quantitative estimate of drug-likeness (QED) is 0.473. The van der Waals surface area contributed by atoms with Crippen molar-refractivity contribution < 1.29 is 26.9 Å². The maximum Gasteiger partial charge on any atom is 0.264 e. The van der Waals surface area contributed by atoms with E-state index in [-0.39, 0.29) is 17.5 Å². The highest BCUT2D eigenvalue weighted by Gasteiger charge is 2.49. The third kappa shape index (κ3) is 4.50. The van der Waals surface area contributed by atoms with Crippen LogP contribution in [0.2, 0.25) is 18.1 Å². The molecule has 0 aliphatic carbocycles. The Morgan fingerprint density at radius 2 is 1.97 bits per heavy atom. The number of aromatic nitrogens is 4. The molecule has 13 heteroatoms. The van der Waals surface area contributed by atoms with Crippen LogP contribution < -0.4 is 5.73 Å². The minimum atomic E-state index is -3.88. The molecule has 1 aliphatic heterocycles. The summed E-state index contributed by atoms with van der Waals surface area (Å²) in [6.45, 7) is 10.6. The Hall–Kier alpha value is -1.64. The minimum absolute atomic E-state index is 0.0341. The van der Waals surface area contributed by atoms with E-state index >= 15 is 0 Å². The molecule has 0 bridgehead atoms. The lowest BCUT2D eigenvalue weighted by molar-refractivity contribution is -0.0460. The number of aliphatic hydroxyl groups is 1. The number of nitrogens with two attached hydrogens (primary N) is 1. The third-order valence-electron chi connectivity index (χ3n) is 5.67. The number of nitrogen functional groups attached to an aromatic ring is 1. The van der Waals surface area contributed by atoms with Crippen LogP contribution in [0.5, 0.6) is 0 Å². The summed E-state index contributed by atoms with van der Waals surface area (Å²) in [6, 6.07) is 0. The monoisotopic (exact) mass is 459 g/mol. The van der Waals surface area contributed by atoms with Crippen LogP contribution in [0.15, 0.2) is 12.7 Å². The second kappa shape index (κ2) is 7.80. The highest BCUT2D eigenvalue weighted by Crippen LogP contribution is 2.39. The van der Waals surface area contributed by atoms with E-state index in [1.54, 1.807) is 0 Å². The zero-order valence-corrected chi connectivity index (χ0v) is 19.8. The topological polar surface area (TPSA) is 152 Å². The summed E-state index contributed by atoms with van der Waals surface area (Å²) in [5, 5.41) is 10.8. The molecule has 4 atom stereocenters. The zero-order chi connectivity index (χ0) is 22.5. The second-order valence-electron chi connectivity index (χ2n) is 8.97. The van der Waals surface area contributed by atoms with E-state index in [4.69, 9.17) is 19.1 Å². The molecule has 168 valence electrons. The van der Waals surface area contributed by atoms with Crippen molar-refractivity contribution in [2.75, 3.05) is 18.6 Å². The summed E-state index contributed by atoms with van der Waals surface area (Å²) in [6.07, 6.45) is -0.654. The molecule has 3 rings (SSSR count). The van der Waals surface area contributed by atoms with Gasteiger partial charge in [-0.05, 0) is 18.1 Å². The van der Waals surface area contributed by atoms with Crippen LogP contribution >= 0.6 is 0 Å². The fraction of sp³-hybridized carbons (Fsp3) is 0.706. The molecule has 30 heavy (non-hydrogen) atoms. The van der Waals surface area contributed by atoms with Crippen molar-refractivity contribution in [2.24, 2.45) is 0 Å².